The molecule has 0 aliphatic carbocycles. The number of nitrogens with zero attached hydrogens (tertiary/aromatic N) is 2. The second-order valence-corrected chi connectivity index (χ2v) is 8.85. The van der Waals surface area contributed by atoms with Gasteiger partial charge in [-0.15, -0.1) is 0 Å². The standard InChI is InChI=1S/C22H23BrN4O4/c1-22(2,3)31-21(28)24-11-10-14-4-7-16(8-5-14)26-20-17-12-15(23)6-9-18(17)25-13-19(20)27(29)30/h4-9,12-13H,10-11H2,1-3H3,(H,24,28)(H,25,26). The first-order chi connectivity index (χ1) is 14.6. The Morgan fingerprint density at radius 1 is 1.19 bits per heavy atom. The van der Waals surface area contributed by atoms with E-state index in [1.807, 2.05) is 51.1 Å². The molecule has 0 unspecified atom stereocenters. The van der Waals surface area contributed by atoms with E-state index in [1.165, 1.54) is 6.20 Å². The third-order valence-electron chi connectivity index (χ3n) is 4.31. The monoisotopic (exact) mass is 486 g/mol. The van der Waals surface area contributed by atoms with Crippen LogP contribution in [0.25, 0.3) is 10.9 Å². The van der Waals surface area contributed by atoms with E-state index >= 15 is 0 Å². The molecule has 0 spiro atoms. The molecule has 3 aromatic rings. The smallest absolute Gasteiger partial charge is 0.407 e. The molecule has 0 fully saturated rings. The number of hydrogen-bond acceptors (Lipinski definition) is 6. The molecule has 8 nitrogen and oxygen atoms in total. The number of nitrogens with one attached hydrogen (secondary N) is 2. The number of halogens is 1. The molecular formula is C22H23BrN4O4. The van der Waals surface area contributed by atoms with Crippen molar-refractivity contribution in [2.45, 2.75) is 32.8 Å². The molecule has 0 radical (unpaired) electrons. The molecule has 0 saturated carbocycles. The molecular weight excluding hydrogens is 464 g/mol. The van der Waals surface area contributed by atoms with Gasteiger partial charge in [-0.05, 0) is 63.1 Å². The molecule has 9 heteroatoms. The fraction of sp³-hybridized carbons (Fsp3) is 0.273. The molecule has 2 N–H and O–H groups in total. The normalized spacial score (nSPS) is 11.2. The van der Waals surface area contributed by atoms with Gasteiger partial charge >= 0.3 is 11.8 Å². The first-order valence-corrected chi connectivity index (χ1v) is 10.5. The van der Waals surface area contributed by atoms with Gasteiger partial charge in [0, 0.05) is 22.1 Å². The van der Waals surface area contributed by atoms with Gasteiger partial charge in [0.25, 0.3) is 0 Å². The summed E-state index contributed by atoms with van der Waals surface area (Å²) < 4.78 is 6.02. The van der Waals surface area contributed by atoms with E-state index in [4.69, 9.17) is 4.74 Å². The predicted molar refractivity (Wildman–Crippen MR) is 124 cm³/mol. The third kappa shape index (κ3) is 6.14. The molecule has 1 aromatic heterocycles. The highest BCUT2D eigenvalue weighted by Gasteiger charge is 2.19. The highest BCUT2D eigenvalue weighted by atomic mass is 79.9. The lowest BCUT2D eigenvalue weighted by Gasteiger charge is -2.19. The number of pyridine rings is 1. The lowest BCUT2D eigenvalue weighted by molar-refractivity contribution is -0.384. The van der Waals surface area contributed by atoms with Crippen LogP contribution in [0.2, 0.25) is 0 Å². The minimum absolute atomic E-state index is 0.101. The SMILES string of the molecule is CC(C)(C)OC(=O)NCCc1ccc(Nc2c([N+](=O)[O-])cnc3ccc(Br)cc23)cc1. The maximum atomic E-state index is 11.7. The van der Waals surface area contributed by atoms with Gasteiger partial charge in [-0.1, -0.05) is 28.1 Å². The Labute approximate surface area is 188 Å². The van der Waals surface area contributed by atoms with Crippen LogP contribution >= 0.6 is 15.9 Å². The maximum Gasteiger partial charge on any atom is 0.407 e. The Kier molecular flexibility index (Phi) is 6.74. The van der Waals surface area contributed by atoms with Crippen molar-refractivity contribution in [3.63, 3.8) is 0 Å². The first-order valence-electron chi connectivity index (χ1n) is 9.68. The van der Waals surface area contributed by atoms with Crippen LogP contribution in [0.1, 0.15) is 26.3 Å². The van der Waals surface area contributed by atoms with E-state index in [1.54, 1.807) is 12.1 Å². The summed E-state index contributed by atoms with van der Waals surface area (Å²) in [5.41, 5.74) is 2.12. The Morgan fingerprint density at radius 3 is 2.55 bits per heavy atom. The first kappa shape index (κ1) is 22.5. The van der Waals surface area contributed by atoms with Crippen molar-refractivity contribution in [3.8, 4) is 0 Å². The van der Waals surface area contributed by atoms with Crippen molar-refractivity contribution in [2.75, 3.05) is 11.9 Å². The fourth-order valence-corrected chi connectivity index (χ4v) is 3.31. The molecule has 2 aromatic carbocycles. The van der Waals surface area contributed by atoms with Gasteiger partial charge in [-0.25, -0.2) is 9.78 Å². The number of nitro groups is 1. The molecule has 0 atom stereocenters. The van der Waals surface area contributed by atoms with Crippen molar-refractivity contribution in [1.29, 1.82) is 0 Å². The summed E-state index contributed by atoms with van der Waals surface area (Å²) >= 11 is 3.41. The molecule has 3 rings (SSSR count). The summed E-state index contributed by atoms with van der Waals surface area (Å²) in [4.78, 5) is 27.0. The van der Waals surface area contributed by atoms with Gasteiger partial charge in [0.2, 0.25) is 0 Å². The zero-order chi connectivity index (χ0) is 22.6. The summed E-state index contributed by atoms with van der Waals surface area (Å²) in [7, 11) is 0. The Morgan fingerprint density at radius 2 is 1.90 bits per heavy atom. The van der Waals surface area contributed by atoms with E-state index in [0.717, 1.165) is 10.0 Å². The van der Waals surface area contributed by atoms with Gasteiger partial charge in [0.05, 0.1) is 10.4 Å². The molecule has 1 heterocycles. The number of ether oxygens (including phenoxy) is 1. The fourth-order valence-electron chi connectivity index (χ4n) is 2.95. The van der Waals surface area contributed by atoms with Gasteiger partial charge in [-0.2, -0.15) is 0 Å². The van der Waals surface area contributed by atoms with Crippen LogP contribution in [-0.4, -0.2) is 28.1 Å². The molecule has 0 saturated heterocycles. The molecule has 0 bridgehead atoms. The van der Waals surface area contributed by atoms with E-state index in [-0.39, 0.29) is 5.69 Å². The average molecular weight is 487 g/mol. The molecule has 0 aliphatic heterocycles. The van der Waals surface area contributed by atoms with Crippen molar-refractivity contribution in [1.82, 2.24) is 10.3 Å². The van der Waals surface area contributed by atoms with Crippen LogP contribution in [-0.2, 0) is 11.2 Å². The summed E-state index contributed by atoms with van der Waals surface area (Å²) in [6.07, 6.45) is 1.44. The number of anilines is 2. The molecule has 0 aliphatic rings. The average Bonchev–Trinajstić information content (AvgIpc) is 2.68. The second-order valence-electron chi connectivity index (χ2n) is 7.94. The van der Waals surface area contributed by atoms with Crippen LogP contribution in [0.3, 0.4) is 0 Å². The number of fused-ring (bicyclic) bond motifs is 1. The van der Waals surface area contributed by atoms with Crippen molar-refractivity contribution in [3.05, 3.63) is 68.8 Å². The van der Waals surface area contributed by atoms with Gasteiger partial charge in [-0.3, -0.25) is 10.1 Å². The Hall–Kier alpha value is -3.20. The Balaban J connectivity index is 1.72. The number of carbonyl (C=O) groups is 1. The summed E-state index contributed by atoms with van der Waals surface area (Å²) in [5, 5.41) is 18.1. The number of alkyl carbamates (subject to hydrolysis) is 1. The highest BCUT2D eigenvalue weighted by molar-refractivity contribution is 9.10. The molecule has 162 valence electrons. The maximum absolute atomic E-state index is 11.7. The van der Waals surface area contributed by atoms with Crippen molar-refractivity contribution in [2.24, 2.45) is 0 Å². The van der Waals surface area contributed by atoms with Crippen LogP contribution in [0, 0.1) is 10.1 Å². The van der Waals surface area contributed by atoms with E-state index < -0.39 is 16.6 Å². The predicted octanol–water partition coefficient (Wildman–Crippen LogP) is 5.72. The summed E-state index contributed by atoms with van der Waals surface area (Å²) in [5.74, 6) is 0. The number of carbonyl (C=O) groups excluding carboxylic acids is 1. The van der Waals surface area contributed by atoms with Crippen molar-refractivity contribution >= 4 is 50.0 Å². The zero-order valence-corrected chi connectivity index (χ0v) is 19.0. The lowest BCUT2D eigenvalue weighted by atomic mass is 10.1. The highest BCUT2D eigenvalue weighted by Crippen LogP contribution is 2.35. The lowest BCUT2D eigenvalue weighted by Crippen LogP contribution is -2.33. The van der Waals surface area contributed by atoms with Gasteiger partial charge in [0.1, 0.15) is 17.5 Å². The van der Waals surface area contributed by atoms with Crippen LogP contribution in [0.15, 0.2) is 53.1 Å². The number of amides is 1. The van der Waals surface area contributed by atoms with E-state index in [0.29, 0.717) is 35.2 Å². The number of aromatic nitrogens is 1. The van der Waals surface area contributed by atoms with Gasteiger partial charge < -0.3 is 15.4 Å². The van der Waals surface area contributed by atoms with E-state index in [9.17, 15) is 14.9 Å². The molecule has 31 heavy (non-hydrogen) atoms. The number of rotatable bonds is 6. The van der Waals surface area contributed by atoms with Crippen LogP contribution in [0.4, 0.5) is 21.9 Å². The molecule has 1 amide bonds. The quantitative estimate of drug-likeness (QED) is 0.341. The topological polar surface area (TPSA) is 106 Å². The van der Waals surface area contributed by atoms with Crippen LogP contribution in [0.5, 0.6) is 0 Å². The third-order valence-corrected chi connectivity index (χ3v) is 4.81. The second kappa shape index (κ2) is 9.30. The zero-order valence-electron chi connectivity index (χ0n) is 17.4. The van der Waals surface area contributed by atoms with Gasteiger partial charge in [0.15, 0.2) is 0 Å². The number of hydrogen-bond donors (Lipinski definition) is 2. The van der Waals surface area contributed by atoms with Crippen molar-refractivity contribution < 1.29 is 14.5 Å². The summed E-state index contributed by atoms with van der Waals surface area (Å²) in [6.45, 7) is 5.88. The van der Waals surface area contributed by atoms with Crippen LogP contribution < -0.4 is 10.6 Å². The number of benzene rings is 2. The van der Waals surface area contributed by atoms with E-state index in [2.05, 4.69) is 31.5 Å². The minimum atomic E-state index is -0.535. The Bertz CT molecular complexity index is 1110. The minimum Gasteiger partial charge on any atom is -0.444 e. The largest absolute Gasteiger partial charge is 0.444 e. The summed E-state index contributed by atoms with van der Waals surface area (Å²) in [6, 6.07) is 12.9.